The summed E-state index contributed by atoms with van der Waals surface area (Å²) >= 11 is 3.15. The van der Waals surface area contributed by atoms with Gasteiger partial charge in [-0.3, -0.25) is 0 Å². The van der Waals surface area contributed by atoms with E-state index >= 15 is 0 Å². The van der Waals surface area contributed by atoms with Crippen molar-refractivity contribution in [3.05, 3.63) is 63.9 Å². The molecular weight excluding hydrogens is 309 g/mol. The Bertz CT molecular complexity index is 617. The van der Waals surface area contributed by atoms with Gasteiger partial charge in [-0.05, 0) is 39.7 Å². The quantitative estimate of drug-likeness (QED) is 0.857. The van der Waals surface area contributed by atoms with Gasteiger partial charge in [-0.25, -0.2) is 4.39 Å². The maximum Gasteiger partial charge on any atom is 0.137 e. The summed E-state index contributed by atoms with van der Waals surface area (Å²) in [6, 6.07) is 12.7. The van der Waals surface area contributed by atoms with Gasteiger partial charge in [0.05, 0.1) is 4.47 Å². The van der Waals surface area contributed by atoms with Crippen LogP contribution in [0.5, 0.6) is 5.75 Å². The molecule has 2 N–H and O–H groups in total. The standard InChI is InChI=1S/C15H13BrFNO/c16-11-6-5-9(7-12(11)17)15-8-13(18)10-3-1-2-4-14(10)19-15/h1-7,13,15H,8,18H2. The number of para-hydroxylation sites is 1. The van der Waals surface area contributed by atoms with E-state index in [9.17, 15) is 4.39 Å². The molecule has 98 valence electrons. The van der Waals surface area contributed by atoms with Gasteiger partial charge in [-0.15, -0.1) is 0 Å². The summed E-state index contributed by atoms with van der Waals surface area (Å²) < 4.78 is 20.0. The van der Waals surface area contributed by atoms with Gasteiger partial charge in [0.2, 0.25) is 0 Å². The SMILES string of the molecule is NC1CC(c2ccc(Br)c(F)c2)Oc2ccccc21. The van der Waals surface area contributed by atoms with E-state index in [1.54, 1.807) is 6.07 Å². The number of benzene rings is 2. The zero-order valence-electron chi connectivity index (χ0n) is 10.1. The lowest BCUT2D eigenvalue weighted by molar-refractivity contribution is 0.161. The Labute approximate surface area is 119 Å². The van der Waals surface area contributed by atoms with E-state index in [1.807, 2.05) is 30.3 Å². The highest BCUT2D eigenvalue weighted by molar-refractivity contribution is 9.10. The number of hydrogen-bond acceptors (Lipinski definition) is 2. The molecule has 0 spiro atoms. The number of fused-ring (bicyclic) bond motifs is 1. The van der Waals surface area contributed by atoms with Gasteiger partial charge in [-0.2, -0.15) is 0 Å². The highest BCUT2D eigenvalue weighted by Gasteiger charge is 2.27. The molecule has 3 rings (SSSR count). The normalized spacial score (nSPS) is 21.6. The van der Waals surface area contributed by atoms with Crippen LogP contribution in [0.1, 0.15) is 29.7 Å². The Balaban J connectivity index is 1.94. The van der Waals surface area contributed by atoms with Crippen molar-refractivity contribution in [2.75, 3.05) is 0 Å². The molecule has 0 saturated carbocycles. The van der Waals surface area contributed by atoms with Crippen LogP contribution in [0.3, 0.4) is 0 Å². The van der Waals surface area contributed by atoms with Crippen LogP contribution in [0.2, 0.25) is 0 Å². The fraction of sp³-hybridized carbons (Fsp3) is 0.200. The van der Waals surface area contributed by atoms with Crippen LogP contribution in [0.15, 0.2) is 46.9 Å². The van der Waals surface area contributed by atoms with Crippen molar-refractivity contribution in [2.24, 2.45) is 5.73 Å². The van der Waals surface area contributed by atoms with Gasteiger partial charge in [0.15, 0.2) is 0 Å². The van der Waals surface area contributed by atoms with Crippen LogP contribution in [0.25, 0.3) is 0 Å². The molecule has 2 aromatic rings. The van der Waals surface area contributed by atoms with Crippen molar-refractivity contribution >= 4 is 15.9 Å². The van der Waals surface area contributed by atoms with Crippen molar-refractivity contribution in [2.45, 2.75) is 18.6 Å². The lowest BCUT2D eigenvalue weighted by atomic mass is 9.93. The van der Waals surface area contributed by atoms with Gasteiger partial charge in [0.1, 0.15) is 17.7 Å². The third kappa shape index (κ3) is 2.38. The molecule has 0 amide bonds. The molecule has 2 unspecified atom stereocenters. The van der Waals surface area contributed by atoms with E-state index in [4.69, 9.17) is 10.5 Å². The zero-order valence-corrected chi connectivity index (χ0v) is 11.7. The first-order valence-corrected chi connectivity index (χ1v) is 6.90. The van der Waals surface area contributed by atoms with E-state index in [-0.39, 0.29) is 18.0 Å². The lowest BCUT2D eigenvalue weighted by Gasteiger charge is -2.30. The minimum absolute atomic E-state index is 0.0818. The van der Waals surface area contributed by atoms with Crippen LogP contribution in [-0.2, 0) is 0 Å². The van der Waals surface area contributed by atoms with Crippen molar-refractivity contribution in [1.29, 1.82) is 0 Å². The number of rotatable bonds is 1. The molecule has 19 heavy (non-hydrogen) atoms. The first-order chi connectivity index (χ1) is 9.15. The van der Waals surface area contributed by atoms with Crippen molar-refractivity contribution in [3.8, 4) is 5.75 Å². The fourth-order valence-electron chi connectivity index (χ4n) is 2.37. The molecule has 0 bridgehead atoms. The summed E-state index contributed by atoms with van der Waals surface area (Å²) in [5, 5.41) is 0. The number of hydrogen-bond donors (Lipinski definition) is 1. The Morgan fingerprint density at radius 2 is 2.00 bits per heavy atom. The Morgan fingerprint density at radius 1 is 1.21 bits per heavy atom. The maximum absolute atomic E-state index is 13.6. The summed E-state index contributed by atoms with van der Waals surface area (Å²) in [5.74, 6) is 0.503. The monoisotopic (exact) mass is 321 g/mol. The van der Waals surface area contributed by atoms with E-state index in [1.165, 1.54) is 6.07 Å². The van der Waals surface area contributed by atoms with Crippen LogP contribution in [-0.4, -0.2) is 0 Å². The molecule has 2 atom stereocenters. The van der Waals surface area contributed by atoms with Crippen molar-refractivity contribution in [3.63, 3.8) is 0 Å². The summed E-state index contributed by atoms with van der Waals surface area (Å²) in [4.78, 5) is 0. The third-order valence-corrected chi connectivity index (χ3v) is 4.01. The van der Waals surface area contributed by atoms with Crippen molar-refractivity contribution in [1.82, 2.24) is 0 Å². The maximum atomic E-state index is 13.6. The van der Waals surface area contributed by atoms with Gasteiger partial charge < -0.3 is 10.5 Å². The smallest absolute Gasteiger partial charge is 0.137 e. The molecule has 4 heteroatoms. The third-order valence-electron chi connectivity index (χ3n) is 3.37. The number of nitrogens with two attached hydrogens (primary N) is 1. The Hall–Kier alpha value is -1.39. The molecule has 2 aromatic carbocycles. The average molecular weight is 322 g/mol. The summed E-state index contributed by atoms with van der Waals surface area (Å²) in [6.45, 7) is 0. The number of ether oxygens (including phenoxy) is 1. The first-order valence-electron chi connectivity index (χ1n) is 6.11. The molecule has 1 heterocycles. The topological polar surface area (TPSA) is 35.2 Å². The number of halogens is 2. The first kappa shape index (κ1) is 12.6. The lowest BCUT2D eigenvalue weighted by Crippen LogP contribution is -2.24. The van der Waals surface area contributed by atoms with Crippen molar-refractivity contribution < 1.29 is 9.13 Å². The highest BCUT2D eigenvalue weighted by Crippen LogP contribution is 2.39. The molecule has 0 aromatic heterocycles. The zero-order chi connectivity index (χ0) is 13.4. The Kier molecular flexibility index (Phi) is 3.29. The van der Waals surface area contributed by atoms with Crippen LogP contribution < -0.4 is 10.5 Å². The van der Waals surface area contributed by atoms with Crippen LogP contribution in [0, 0.1) is 5.82 Å². The van der Waals surface area contributed by atoms with Gasteiger partial charge >= 0.3 is 0 Å². The Morgan fingerprint density at radius 3 is 2.79 bits per heavy atom. The molecular formula is C15H13BrFNO. The molecule has 0 radical (unpaired) electrons. The second kappa shape index (κ2) is 4.94. The van der Waals surface area contributed by atoms with E-state index in [0.717, 1.165) is 16.9 Å². The fourth-order valence-corrected chi connectivity index (χ4v) is 2.62. The molecule has 1 aliphatic rings. The molecule has 0 fully saturated rings. The predicted octanol–water partition coefficient (Wildman–Crippen LogP) is 4.11. The average Bonchev–Trinajstić information content (AvgIpc) is 2.42. The minimum atomic E-state index is -0.284. The van der Waals surface area contributed by atoms with Crippen LogP contribution in [0.4, 0.5) is 4.39 Å². The molecule has 2 nitrogen and oxygen atoms in total. The van der Waals surface area contributed by atoms with E-state index in [0.29, 0.717) is 10.9 Å². The van der Waals surface area contributed by atoms with Gasteiger partial charge in [0.25, 0.3) is 0 Å². The molecule has 0 aliphatic carbocycles. The largest absolute Gasteiger partial charge is 0.485 e. The summed E-state index contributed by atoms with van der Waals surface area (Å²) in [6.07, 6.45) is 0.449. The summed E-state index contributed by atoms with van der Waals surface area (Å²) in [5.41, 5.74) is 7.98. The second-order valence-electron chi connectivity index (χ2n) is 4.66. The second-order valence-corrected chi connectivity index (χ2v) is 5.51. The minimum Gasteiger partial charge on any atom is -0.485 e. The highest BCUT2D eigenvalue weighted by atomic mass is 79.9. The van der Waals surface area contributed by atoms with Gasteiger partial charge in [0, 0.05) is 18.0 Å². The van der Waals surface area contributed by atoms with E-state index in [2.05, 4.69) is 15.9 Å². The van der Waals surface area contributed by atoms with E-state index < -0.39 is 0 Å². The molecule has 0 saturated heterocycles. The van der Waals surface area contributed by atoms with Crippen LogP contribution >= 0.6 is 15.9 Å². The molecule has 1 aliphatic heterocycles. The van der Waals surface area contributed by atoms with Gasteiger partial charge in [-0.1, -0.05) is 24.3 Å². The summed E-state index contributed by atoms with van der Waals surface area (Å²) in [7, 11) is 0. The predicted molar refractivity (Wildman–Crippen MR) is 75.5 cm³/mol.